The molecule has 0 unspecified atom stereocenters. The van der Waals surface area contributed by atoms with Gasteiger partial charge in [0, 0.05) is 12.2 Å². The van der Waals surface area contributed by atoms with Crippen LogP contribution in [0.2, 0.25) is 0 Å². The maximum atomic E-state index is 11.8. The number of hydrogen-bond acceptors (Lipinski definition) is 2. The number of benzene rings is 1. The summed E-state index contributed by atoms with van der Waals surface area (Å²) in [5, 5.41) is 11.4. The van der Waals surface area contributed by atoms with Crippen molar-refractivity contribution < 1.29 is 14.7 Å². The van der Waals surface area contributed by atoms with E-state index in [0.29, 0.717) is 12.2 Å². The predicted octanol–water partition coefficient (Wildman–Crippen LogP) is 2.24. The van der Waals surface area contributed by atoms with Crippen molar-refractivity contribution in [1.29, 1.82) is 0 Å². The predicted molar refractivity (Wildman–Crippen MR) is 69.8 cm³/mol. The molecule has 5 heteroatoms. The number of carbonyl (C=O) groups is 2. The second kappa shape index (κ2) is 6.05. The van der Waals surface area contributed by atoms with Gasteiger partial charge in [-0.15, -0.1) is 0 Å². The van der Waals surface area contributed by atoms with Crippen LogP contribution in [0.4, 0.5) is 10.5 Å². The smallest absolute Gasteiger partial charge is 0.323 e. The van der Waals surface area contributed by atoms with Crippen LogP contribution in [0, 0.1) is 13.8 Å². The van der Waals surface area contributed by atoms with Gasteiger partial charge in [0.2, 0.25) is 0 Å². The summed E-state index contributed by atoms with van der Waals surface area (Å²) in [5.74, 6) is -1.02. The molecule has 0 fully saturated rings. The van der Waals surface area contributed by atoms with E-state index in [1.807, 2.05) is 26.0 Å². The van der Waals surface area contributed by atoms with Gasteiger partial charge < -0.3 is 15.3 Å². The van der Waals surface area contributed by atoms with Gasteiger partial charge in [-0.25, -0.2) is 4.79 Å². The van der Waals surface area contributed by atoms with Crippen LogP contribution in [0.3, 0.4) is 0 Å². The lowest BCUT2D eigenvalue weighted by Gasteiger charge is -2.19. The van der Waals surface area contributed by atoms with E-state index in [0.717, 1.165) is 11.1 Å². The lowest BCUT2D eigenvalue weighted by Crippen LogP contribution is -2.38. The van der Waals surface area contributed by atoms with E-state index in [-0.39, 0.29) is 6.54 Å². The average Bonchev–Trinajstić information content (AvgIpc) is 2.30. The lowest BCUT2D eigenvalue weighted by molar-refractivity contribution is -0.137. The third kappa shape index (κ3) is 3.76. The SMILES string of the molecule is CCN(CC(=O)O)C(=O)Nc1ccc(C)c(C)c1. The average molecular weight is 250 g/mol. The first-order chi connectivity index (χ1) is 8.43. The number of likely N-dealkylation sites (N-methyl/N-ethyl adjacent to an activating group) is 1. The van der Waals surface area contributed by atoms with Gasteiger partial charge in [-0.05, 0) is 44.0 Å². The number of hydrogen-bond donors (Lipinski definition) is 2. The third-order valence-corrected chi connectivity index (χ3v) is 2.75. The minimum absolute atomic E-state index is 0.298. The molecule has 2 amide bonds. The zero-order valence-corrected chi connectivity index (χ0v) is 10.9. The van der Waals surface area contributed by atoms with Crippen molar-refractivity contribution in [2.75, 3.05) is 18.4 Å². The Hall–Kier alpha value is -2.04. The Morgan fingerprint density at radius 2 is 1.94 bits per heavy atom. The van der Waals surface area contributed by atoms with Crippen molar-refractivity contribution in [2.24, 2.45) is 0 Å². The van der Waals surface area contributed by atoms with Gasteiger partial charge in [0.05, 0.1) is 0 Å². The molecule has 1 aromatic rings. The molecule has 98 valence electrons. The van der Waals surface area contributed by atoms with E-state index in [1.54, 1.807) is 13.0 Å². The summed E-state index contributed by atoms with van der Waals surface area (Å²) >= 11 is 0. The molecule has 0 aromatic heterocycles. The van der Waals surface area contributed by atoms with Crippen molar-refractivity contribution >= 4 is 17.7 Å². The fraction of sp³-hybridized carbons (Fsp3) is 0.385. The first-order valence-corrected chi connectivity index (χ1v) is 5.79. The number of urea groups is 1. The highest BCUT2D eigenvalue weighted by Crippen LogP contribution is 2.14. The number of aryl methyl sites for hydroxylation is 2. The van der Waals surface area contributed by atoms with E-state index in [4.69, 9.17) is 5.11 Å². The van der Waals surface area contributed by atoms with Crippen LogP contribution in [0.1, 0.15) is 18.1 Å². The normalized spacial score (nSPS) is 9.94. The first kappa shape index (κ1) is 14.0. The van der Waals surface area contributed by atoms with Crippen LogP contribution >= 0.6 is 0 Å². The van der Waals surface area contributed by atoms with E-state index in [2.05, 4.69) is 5.32 Å². The van der Waals surface area contributed by atoms with E-state index in [1.165, 1.54) is 4.90 Å². The van der Waals surface area contributed by atoms with Crippen LogP contribution < -0.4 is 5.32 Å². The molecule has 0 atom stereocenters. The molecule has 0 aliphatic rings. The number of carbonyl (C=O) groups excluding carboxylic acids is 1. The zero-order valence-electron chi connectivity index (χ0n) is 10.9. The molecule has 5 nitrogen and oxygen atoms in total. The van der Waals surface area contributed by atoms with Crippen LogP contribution in [0.25, 0.3) is 0 Å². The lowest BCUT2D eigenvalue weighted by atomic mass is 10.1. The molecular weight excluding hydrogens is 232 g/mol. The number of aliphatic carboxylic acids is 1. The number of rotatable bonds is 4. The quantitative estimate of drug-likeness (QED) is 0.861. The minimum atomic E-state index is -1.02. The Morgan fingerprint density at radius 3 is 2.44 bits per heavy atom. The molecule has 0 spiro atoms. The molecule has 1 aromatic carbocycles. The van der Waals surface area contributed by atoms with Crippen molar-refractivity contribution in [3.8, 4) is 0 Å². The van der Waals surface area contributed by atoms with Crippen molar-refractivity contribution in [2.45, 2.75) is 20.8 Å². The standard InChI is InChI=1S/C13H18N2O3/c1-4-15(8-12(16)17)13(18)14-11-6-5-9(2)10(3)7-11/h5-7H,4,8H2,1-3H3,(H,14,18)(H,16,17). The Bertz CT molecular complexity index is 458. The van der Waals surface area contributed by atoms with Crippen LogP contribution in [0.5, 0.6) is 0 Å². The van der Waals surface area contributed by atoms with E-state index in [9.17, 15) is 9.59 Å². The summed E-state index contributed by atoms with van der Waals surface area (Å²) < 4.78 is 0. The highest BCUT2D eigenvalue weighted by Gasteiger charge is 2.14. The van der Waals surface area contributed by atoms with E-state index < -0.39 is 12.0 Å². The number of carboxylic acid groups (broad SMARTS) is 1. The molecule has 0 saturated carbocycles. The highest BCUT2D eigenvalue weighted by molar-refractivity contribution is 5.91. The Labute approximate surface area is 106 Å². The second-order valence-corrected chi connectivity index (χ2v) is 4.14. The summed E-state index contributed by atoms with van der Waals surface area (Å²) in [6.07, 6.45) is 0. The van der Waals surface area contributed by atoms with Crippen molar-refractivity contribution in [3.63, 3.8) is 0 Å². The molecule has 0 aliphatic heterocycles. The van der Waals surface area contributed by atoms with Gasteiger partial charge in [0.1, 0.15) is 6.54 Å². The fourth-order valence-electron chi connectivity index (χ4n) is 1.51. The monoisotopic (exact) mass is 250 g/mol. The molecule has 0 aliphatic carbocycles. The van der Waals surface area contributed by atoms with Gasteiger partial charge in [-0.2, -0.15) is 0 Å². The highest BCUT2D eigenvalue weighted by atomic mass is 16.4. The van der Waals surface area contributed by atoms with Crippen LogP contribution in [-0.2, 0) is 4.79 Å². The molecule has 0 radical (unpaired) electrons. The minimum Gasteiger partial charge on any atom is -0.480 e. The molecular formula is C13H18N2O3. The summed E-state index contributed by atoms with van der Waals surface area (Å²) in [7, 11) is 0. The largest absolute Gasteiger partial charge is 0.480 e. The molecule has 0 saturated heterocycles. The Kier molecular flexibility index (Phi) is 4.71. The van der Waals surface area contributed by atoms with Crippen molar-refractivity contribution in [3.05, 3.63) is 29.3 Å². The molecule has 2 N–H and O–H groups in total. The van der Waals surface area contributed by atoms with Gasteiger partial charge in [0.25, 0.3) is 0 Å². The van der Waals surface area contributed by atoms with E-state index >= 15 is 0 Å². The second-order valence-electron chi connectivity index (χ2n) is 4.14. The van der Waals surface area contributed by atoms with Gasteiger partial charge in [0.15, 0.2) is 0 Å². The maximum Gasteiger partial charge on any atom is 0.323 e. The van der Waals surface area contributed by atoms with Gasteiger partial charge in [-0.1, -0.05) is 6.07 Å². The number of nitrogens with zero attached hydrogens (tertiary/aromatic N) is 1. The number of carboxylic acids is 1. The third-order valence-electron chi connectivity index (χ3n) is 2.75. The Balaban J connectivity index is 2.73. The molecule has 0 bridgehead atoms. The maximum absolute atomic E-state index is 11.8. The van der Waals surface area contributed by atoms with Crippen LogP contribution in [-0.4, -0.2) is 35.1 Å². The van der Waals surface area contributed by atoms with Gasteiger partial charge in [-0.3, -0.25) is 4.79 Å². The summed E-state index contributed by atoms with van der Waals surface area (Å²) in [4.78, 5) is 23.7. The summed E-state index contributed by atoms with van der Waals surface area (Å²) in [5.41, 5.74) is 2.90. The Morgan fingerprint density at radius 1 is 1.28 bits per heavy atom. The number of amides is 2. The van der Waals surface area contributed by atoms with Crippen LogP contribution in [0.15, 0.2) is 18.2 Å². The summed E-state index contributed by atoms with van der Waals surface area (Å²) in [6.45, 7) is 5.74. The molecule has 1 rings (SSSR count). The number of nitrogens with one attached hydrogen (secondary N) is 1. The zero-order chi connectivity index (χ0) is 13.7. The van der Waals surface area contributed by atoms with Crippen molar-refractivity contribution in [1.82, 2.24) is 4.90 Å². The molecule has 0 heterocycles. The summed E-state index contributed by atoms with van der Waals surface area (Å²) in [6, 6.07) is 5.18. The number of anilines is 1. The molecule has 18 heavy (non-hydrogen) atoms. The topological polar surface area (TPSA) is 69.6 Å². The van der Waals surface area contributed by atoms with Gasteiger partial charge >= 0.3 is 12.0 Å². The fourth-order valence-corrected chi connectivity index (χ4v) is 1.51. The first-order valence-electron chi connectivity index (χ1n) is 5.79.